The minimum Gasteiger partial charge on any atom is -0.455 e. The summed E-state index contributed by atoms with van der Waals surface area (Å²) in [6.45, 7) is 1.77. The zero-order chi connectivity index (χ0) is 24.2. The molecule has 0 bridgehead atoms. The summed E-state index contributed by atoms with van der Waals surface area (Å²) in [5.41, 5.74) is 1.78. The third-order valence-corrected chi connectivity index (χ3v) is 7.30. The van der Waals surface area contributed by atoms with Crippen LogP contribution in [0, 0.1) is 12.8 Å². The standard InChI is InChI=1S/C23H27N3O6S/c1-16-9-10-19(12-20(16)33(30,31)25(2)3)24-21(27)15-32-23(29)18-11-22(28)26(14-18)13-17-7-5-4-6-8-17/h4-10,12,18H,11,13-15H2,1-3H3,(H,24,27)/t18-/m1/s1. The number of carbonyl (C=O) groups excluding carboxylic acids is 3. The second-order valence-electron chi connectivity index (χ2n) is 8.08. The van der Waals surface area contributed by atoms with Crippen molar-refractivity contribution in [1.29, 1.82) is 0 Å². The fourth-order valence-corrected chi connectivity index (χ4v) is 4.63. The monoisotopic (exact) mass is 473 g/mol. The Kier molecular flexibility index (Phi) is 7.50. The van der Waals surface area contributed by atoms with E-state index in [1.165, 1.54) is 20.2 Å². The molecule has 2 aromatic rings. The molecule has 3 rings (SSSR count). The molecule has 2 amide bonds. The Morgan fingerprint density at radius 1 is 1.15 bits per heavy atom. The van der Waals surface area contributed by atoms with Gasteiger partial charge in [0.2, 0.25) is 15.9 Å². The van der Waals surface area contributed by atoms with Crippen molar-refractivity contribution in [3.05, 3.63) is 59.7 Å². The van der Waals surface area contributed by atoms with E-state index in [9.17, 15) is 22.8 Å². The van der Waals surface area contributed by atoms with Crippen LogP contribution in [-0.2, 0) is 35.7 Å². The summed E-state index contributed by atoms with van der Waals surface area (Å²) < 4.78 is 31.1. The number of anilines is 1. The molecule has 0 unspecified atom stereocenters. The zero-order valence-corrected chi connectivity index (χ0v) is 19.6. The molecule has 0 aromatic heterocycles. The highest BCUT2D eigenvalue weighted by atomic mass is 32.2. The van der Waals surface area contributed by atoms with Crippen molar-refractivity contribution < 1.29 is 27.5 Å². The van der Waals surface area contributed by atoms with Crippen LogP contribution in [0.5, 0.6) is 0 Å². The lowest BCUT2D eigenvalue weighted by Gasteiger charge is -2.16. The number of aryl methyl sites for hydroxylation is 1. The number of esters is 1. The van der Waals surface area contributed by atoms with E-state index in [1.807, 2.05) is 30.3 Å². The first-order chi connectivity index (χ1) is 15.6. The third-order valence-electron chi connectivity index (χ3n) is 5.34. The van der Waals surface area contributed by atoms with Crippen molar-refractivity contribution in [2.45, 2.75) is 24.8 Å². The first-order valence-electron chi connectivity index (χ1n) is 10.4. The molecule has 0 spiro atoms. The predicted molar refractivity (Wildman–Crippen MR) is 122 cm³/mol. The van der Waals surface area contributed by atoms with Crippen molar-refractivity contribution in [3.63, 3.8) is 0 Å². The van der Waals surface area contributed by atoms with Gasteiger partial charge < -0.3 is 15.0 Å². The van der Waals surface area contributed by atoms with Crippen molar-refractivity contribution in [2.24, 2.45) is 5.92 Å². The molecule has 9 nitrogen and oxygen atoms in total. The van der Waals surface area contributed by atoms with E-state index in [2.05, 4.69) is 5.32 Å². The van der Waals surface area contributed by atoms with Gasteiger partial charge in [-0.1, -0.05) is 36.4 Å². The molecular weight excluding hydrogens is 446 g/mol. The van der Waals surface area contributed by atoms with Crippen LogP contribution < -0.4 is 5.32 Å². The summed E-state index contributed by atoms with van der Waals surface area (Å²) >= 11 is 0. The number of hydrogen-bond acceptors (Lipinski definition) is 6. The van der Waals surface area contributed by atoms with Crippen LogP contribution in [0.25, 0.3) is 0 Å². The Balaban J connectivity index is 1.54. The maximum atomic E-state index is 12.4. The molecule has 33 heavy (non-hydrogen) atoms. The SMILES string of the molecule is Cc1ccc(NC(=O)COC(=O)[C@@H]2CC(=O)N(Cc3ccccc3)C2)cc1S(=O)(=O)N(C)C. The van der Waals surface area contributed by atoms with Gasteiger partial charge in [-0.05, 0) is 30.2 Å². The molecule has 1 atom stereocenters. The van der Waals surface area contributed by atoms with Crippen molar-refractivity contribution in [1.82, 2.24) is 9.21 Å². The molecule has 1 fully saturated rings. The van der Waals surface area contributed by atoms with Gasteiger partial charge in [-0.2, -0.15) is 0 Å². The van der Waals surface area contributed by atoms with E-state index in [4.69, 9.17) is 4.74 Å². The first-order valence-corrected chi connectivity index (χ1v) is 11.8. The zero-order valence-electron chi connectivity index (χ0n) is 18.8. The Bertz CT molecular complexity index is 1150. The lowest BCUT2D eigenvalue weighted by Crippen LogP contribution is -2.28. The van der Waals surface area contributed by atoms with E-state index in [1.54, 1.807) is 24.0 Å². The number of nitrogens with one attached hydrogen (secondary N) is 1. The van der Waals surface area contributed by atoms with Crippen molar-refractivity contribution >= 4 is 33.5 Å². The molecule has 0 saturated carbocycles. The van der Waals surface area contributed by atoms with Gasteiger partial charge in [-0.15, -0.1) is 0 Å². The van der Waals surface area contributed by atoms with Gasteiger partial charge in [-0.25, -0.2) is 12.7 Å². The smallest absolute Gasteiger partial charge is 0.311 e. The van der Waals surface area contributed by atoms with Gasteiger partial charge in [0.25, 0.3) is 5.91 Å². The van der Waals surface area contributed by atoms with Crippen LogP contribution in [-0.4, -0.2) is 62.7 Å². The van der Waals surface area contributed by atoms with Crippen LogP contribution in [0.3, 0.4) is 0 Å². The van der Waals surface area contributed by atoms with Crippen molar-refractivity contribution in [3.8, 4) is 0 Å². The summed E-state index contributed by atoms with van der Waals surface area (Å²) in [6.07, 6.45) is 0.0387. The van der Waals surface area contributed by atoms with Gasteiger partial charge >= 0.3 is 5.97 Å². The van der Waals surface area contributed by atoms with E-state index < -0.39 is 34.4 Å². The van der Waals surface area contributed by atoms with Gasteiger partial charge in [-0.3, -0.25) is 14.4 Å². The average molecular weight is 474 g/mol. The summed E-state index contributed by atoms with van der Waals surface area (Å²) in [6, 6.07) is 14.0. The summed E-state index contributed by atoms with van der Waals surface area (Å²) in [5, 5.41) is 2.54. The fourth-order valence-electron chi connectivity index (χ4n) is 3.49. The van der Waals surface area contributed by atoms with Crippen LogP contribution in [0.1, 0.15) is 17.5 Å². The molecule has 1 aliphatic rings. The maximum Gasteiger partial charge on any atom is 0.311 e. The van der Waals surface area contributed by atoms with Gasteiger partial charge in [0.15, 0.2) is 6.61 Å². The molecule has 1 saturated heterocycles. The summed E-state index contributed by atoms with van der Waals surface area (Å²) in [7, 11) is -0.826. The predicted octanol–water partition coefficient (Wildman–Crippen LogP) is 1.78. The highest BCUT2D eigenvalue weighted by Gasteiger charge is 2.35. The topological polar surface area (TPSA) is 113 Å². The highest BCUT2D eigenvalue weighted by molar-refractivity contribution is 7.89. The maximum absolute atomic E-state index is 12.4. The van der Waals surface area contributed by atoms with Gasteiger partial charge in [0, 0.05) is 39.3 Å². The van der Waals surface area contributed by atoms with Crippen LogP contribution in [0.2, 0.25) is 0 Å². The summed E-state index contributed by atoms with van der Waals surface area (Å²) in [4.78, 5) is 38.6. The number of ether oxygens (including phenoxy) is 1. The Hall–Kier alpha value is -3.24. The number of amides is 2. The Labute approximate surface area is 193 Å². The lowest BCUT2D eigenvalue weighted by molar-refractivity contribution is -0.151. The minimum atomic E-state index is -3.68. The number of carbonyl (C=O) groups is 3. The van der Waals surface area contributed by atoms with E-state index >= 15 is 0 Å². The van der Waals surface area contributed by atoms with Crippen molar-refractivity contribution in [2.75, 3.05) is 32.6 Å². The normalized spacial score (nSPS) is 16.2. The molecular formula is C23H27N3O6S. The molecule has 2 aromatic carbocycles. The summed E-state index contributed by atoms with van der Waals surface area (Å²) in [5.74, 6) is -2.00. The molecule has 0 radical (unpaired) electrons. The van der Waals surface area contributed by atoms with Gasteiger partial charge in [0.1, 0.15) is 0 Å². The Morgan fingerprint density at radius 3 is 2.52 bits per heavy atom. The quantitative estimate of drug-likeness (QED) is 0.585. The number of benzene rings is 2. The molecule has 1 N–H and O–H groups in total. The Morgan fingerprint density at radius 2 is 1.85 bits per heavy atom. The van der Waals surface area contributed by atoms with Gasteiger partial charge in [0.05, 0.1) is 10.8 Å². The number of likely N-dealkylation sites (tertiary alicyclic amines) is 1. The fraction of sp³-hybridized carbons (Fsp3) is 0.348. The molecule has 0 aliphatic carbocycles. The largest absolute Gasteiger partial charge is 0.455 e. The molecule has 10 heteroatoms. The molecule has 176 valence electrons. The lowest BCUT2D eigenvalue weighted by atomic mass is 10.1. The minimum absolute atomic E-state index is 0.0387. The number of sulfonamides is 1. The third kappa shape index (κ3) is 5.96. The van der Waals surface area contributed by atoms with Crippen LogP contribution >= 0.6 is 0 Å². The van der Waals surface area contributed by atoms with Crippen LogP contribution in [0.15, 0.2) is 53.4 Å². The number of hydrogen-bond donors (Lipinski definition) is 1. The number of rotatable bonds is 8. The molecule has 1 heterocycles. The highest BCUT2D eigenvalue weighted by Crippen LogP contribution is 2.23. The second-order valence-corrected chi connectivity index (χ2v) is 10.2. The average Bonchev–Trinajstić information content (AvgIpc) is 3.14. The first kappa shape index (κ1) is 24.4. The van der Waals surface area contributed by atoms with E-state index in [0.717, 1.165) is 9.87 Å². The molecule has 1 aliphatic heterocycles. The second kappa shape index (κ2) is 10.1. The van der Waals surface area contributed by atoms with E-state index in [-0.39, 0.29) is 29.5 Å². The van der Waals surface area contributed by atoms with Crippen LogP contribution in [0.4, 0.5) is 5.69 Å². The number of nitrogens with zero attached hydrogens (tertiary/aromatic N) is 2. The van der Waals surface area contributed by atoms with E-state index in [0.29, 0.717) is 12.1 Å².